The standard InChI is InChI=1S/C19H25FN4O4/c1-12-10-13(11-14(28-3)16(12)20)23-6-8-24(9-7-23)15(25)4-5-19(2)17(26)21-18(27)22-19/h10-11H,4-9H2,1-3H3,(H2,21,22,26,27). The van der Waals surface area contributed by atoms with Gasteiger partial charge in [-0.05, 0) is 31.9 Å². The van der Waals surface area contributed by atoms with Gasteiger partial charge in [0.15, 0.2) is 11.6 Å². The Morgan fingerprint density at radius 2 is 1.93 bits per heavy atom. The van der Waals surface area contributed by atoms with E-state index < -0.39 is 17.5 Å². The van der Waals surface area contributed by atoms with E-state index >= 15 is 0 Å². The molecule has 9 heteroatoms. The molecule has 0 radical (unpaired) electrons. The van der Waals surface area contributed by atoms with Gasteiger partial charge in [-0.2, -0.15) is 0 Å². The maximum absolute atomic E-state index is 14.0. The first-order chi connectivity index (χ1) is 13.2. The number of halogens is 1. The molecule has 0 spiro atoms. The summed E-state index contributed by atoms with van der Waals surface area (Å²) in [6.45, 7) is 5.62. The number of methoxy groups -OCH3 is 1. The second-order valence-electron chi connectivity index (χ2n) is 7.39. The molecular formula is C19H25FN4O4. The van der Waals surface area contributed by atoms with Crippen molar-refractivity contribution in [1.82, 2.24) is 15.5 Å². The number of carbonyl (C=O) groups is 3. The van der Waals surface area contributed by atoms with E-state index in [2.05, 4.69) is 15.5 Å². The van der Waals surface area contributed by atoms with Crippen LogP contribution in [0.25, 0.3) is 0 Å². The number of imide groups is 1. The highest BCUT2D eigenvalue weighted by Crippen LogP contribution is 2.28. The van der Waals surface area contributed by atoms with E-state index in [0.29, 0.717) is 31.7 Å². The molecular weight excluding hydrogens is 367 g/mol. The number of hydrogen-bond acceptors (Lipinski definition) is 5. The predicted octanol–water partition coefficient (Wildman–Crippen LogP) is 1.17. The van der Waals surface area contributed by atoms with Crippen LogP contribution in [0.15, 0.2) is 12.1 Å². The summed E-state index contributed by atoms with van der Waals surface area (Å²) < 4.78 is 19.1. The average Bonchev–Trinajstić information content (AvgIpc) is 2.94. The summed E-state index contributed by atoms with van der Waals surface area (Å²) in [7, 11) is 1.44. The first-order valence-corrected chi connectivity index (χ1v) is 9.24. The number of aryl methyl sites for hydroxylation is 1. The number of rotatable bonds is 5. The van der Waals surface area contributed by atoms with Crippen molar-refractivity contribution in [3.8, 4) is 5.75 Å². The molecule has 2 aliphatic rings. The second kappa shape index (κ2) is 7.65. The smallest absolute Gasteiger partial charge is 0.322 e. The van der Waals surface area contributed by atoms with Crippen LogP contribution in [0.2, 0.25) is 0 Å². The van der Waals surface area contributed by atoms with Gasteiger partial charge in [-0.1, -0.05) is 0 Å². The van der Waals surface area contributed by atoms with E-state index in [1.807, 2.05) is 0 Å². The maximum atomic E-state index is 14.0. The van der Waals surface area contributed by atoms with Crippen molar-refractivity contribution < 1.29 is 23.5 Å². The van der Waals surface area contributed by atoms with Crippen LogP contribution >= 0.6 is 0 Å². The summed E-state index contributed by atoms with van der Waals surface area (Å²) in [6, 6.07) is 2.91. The molecule has 0 saturated carbocycles. The number of urea groups is 1. The Hall–Kier alpha value is -2.84. The topological polar surface area (TPSA) is 91.0 Å². The molecule has 1 unspecified atom stereocenters. The Morgan fingerprint density at radius 1 is 1.25 bits per heavy atom. The van der Waals surface area contributed by atoms with E-state index in [4.69, 9.17) is 4.74 Å². The Kier molecular flexibility index (Phi) is 5.44. The van der Waals surface area contributed by atoms with Gasteiger partial charge in [-0.15, -0.1) is 0 Å². The molecule has 28 heavy (non-hydrogen) atoms. The number of nitrogens with one attached hydrogen (secondary N) is 2. The summed E-state index contributed by atoms with van der Waals surface area (Å²) in [4.78, 5) is 39.5. The zero-order valence-electron chi connectivity index (χ0n) is 16.3. The molecule has 152 valence electrons. The van der Waals surface area contributed by atoms with Gasteiger partial charge in [0.05, 0.1) is 7.11 Å². The molecule has 0 aromatic heterocycles. The average molecular weight is 392 g/mol. The predicted molar refractivity (Wildman–Crippen MR) is 101 cm³/mol. The third kappa shape index (κ3) is 3.88. The van der Waals surface area contributed by atoms with Crippen LogP contribution in [0.4, 0.5) is 14.9 Å². The first-order valence-electron chi connectivity index (χ1n) is 9.24. The van der Waals surface area contributed by atoms with Crippen LogP contribution < -0.4 is 20.3 Å². The summed E-state index contributed by atoms with van der Waals surface area (Å²) in [5, 5.41) is 4.76. The zero-order valence-corrected chi connectivity index (χ0v) is 16.3. The van der Waals surface area contributed by atoms with Crippen molar-refractivity contribution >= 4 is 23.5 Å². The monoisotopic (exact) mass is 392 g/mol. The minimum atomic E-state index is -1.04. The molecule has 2 N–H and O–H groups in total. The van der Waals surface area contributed by atoms with Crippen LogP contribution in [0.5, 0.6) is 5.75 Å². The van der Waals surface area contributed by atoms with Crippen molar-refractivity contribution in [1.29, 1.82) is 0 Å². The fourth-order valence-corrected chi connectivity index (χ4v) is 3.53. The molecule has 1 atom stereocenters. The van der Waals surface area contributed by atoms with Gasteiger partial charge in [0.25, 0.3) is 5.91 Å². The quantitative estimate of drug-likeness (QED) is 0.734. The first kappa shape index (κ1) is 19.9. The lowest BCUT2D eigenvalue weighted by Crippen LogP contribution is -2.50. The molecule has 1 aromatic rings. The normalized spacial score (nSPS) is 22.1. The fraction of sp³-hybridized carbons (Fsp3) is 0.526. The Bertz CT molecular complexity index is 807. The minimum Gasteiger partial charge on any atom is -0.494 e. The Labute approximate surface area is 163 Å². The summed E-state index contributed by atoms with van der Waals surface area (Å²) in [5.41, 5.74) is 0.329. The highest BCUT2D eigenvalue weighted by molar-refractivity contribution is 6.06. The molecule has 1 aromatic carbocycles. The molecule has 2 heterocycles. The maximum Gasteiger partial charge on any atom is 0.322 e. The summed E-state index contributed by atoms with van der Waals surface area (Å²) in [5.74, 6) is -0.617. The van der Waals surface area contributed by atoms with Crippen molar-refractivity contribution in [3.63, 3.8) is 0 Å². The van der Waals surface area contributed by atoms with Gasteiger partial charge in [-0.25, -0.2) is 9.18 Å². The number of nitrogens with zero attached hydrogens (tertiary/aromatic N) is 2. The molecule has 2 fully saturated rings. The van der Waals surface area contributed by atoms with Gasteiger partial charge in [0, 0.05) is 44.4 Å². The highest BCUT2D eigenvalue weighted by Gasteiger charge is 2.42. The number of ether oxygens (including phenoxy) is 1. The molecule has 2 aliphatic heterocycles. The van der Waals surface area contributed by atoms with Gasteiger partial charge in [0.1, 0.15) is 5.54 Å². The molecule has 2 saturated heterocycles. The van der Waals surface area contributed by atoms with E-state index in [0.717, 1.165) is 5.69 Å². The Balaban J connectivity index is 1.55. The van der Waals surface area contributed by atoms with Crippen molar-refractivity contribution in [2.75, 3.05) is 38.2 Å². The summed E-state index contributed by atoms with van der Waals surface area (Å²) >= 11 is 0. The molecule has 0 aliphatic carbocycles. The zero-order chi connectivity index (χ0) is 20.5. The lowest BCUT2D eigenvalue weighted by molar-refractivity contribution is -0.132. The third-order valence-corrected chi connectivity index (χ3v) is 5.38. The summed E-state index contributed by atoms with van der Waals surface area (Å²) in [6.07, 6.45) is 0.422. The van der Waals surface area contributed by atoms with Gasteiger partial charge in [0.2, 0.25) is 5.91 Å². The number of piperazine rings is 1. The highest BCUT2D eigenvalue weighted by atomic mass is 19.1. The van der Waals surface area contributed by atoms with E-state index in [-0.39, 0.29) is 30.3 Å². The largest absolute Gasteiger partial charge is 0.494 e. The van der Waals surface area contributed by atoms with Crippen LogP contribution in [0.1, 0.15) is 25.3 Å². The lowest BCUT2D eigenvalue weighted by Gasteiger charge is -2.36. The van der Waals surface area contributed by atoms with Gasteiger partial charge >= 0.3 is 6.03 Å². The van der Waals surface area contributed by atoms with Crippen LogP contribution in [0.3, 0.4) is 0 Å². The molecule has 3 rings (SSSR count). The number of amides is 4. The minimum absolute atomic E-state index is 0.0531. The van der Waals surface area contributed by atoms with Crippen molar-refractivity contribution in [2.45, 2.75) is 32.2 Å². The van der Waals surface area contributed by atoms with Gasteiger partial charge < -0.3 is 19.9 Å². The molecule has 4 amide bonds. The number of anilines is 1. The Morgan fingerprint density at radius 3 is 2.50 bits per heavy atom. The van der Waals surface area contributed by atoms with Crippen LogP contribution in [-0.4, -0.2) is 61.6 Å². The van der Waals surface area contributed by atoms with E-state index in [1.165, 1.54) is 7.11 Å². The number of benzene rings is 1. The SMILES string of the molecule is COc1cc(N2CCN(C(=O)CCC3(C)NC(=O)NC3=O)CC2)cc(C)c1F. The third-order valence-electron chi connectivity index (χ3n) is 5.38. The number of hydrogen-bond donors (Lipinski definition) is 2. The van der Waals surface area contributed by atoms with Crippen molar-refractivity contribution in [2.24, 2.45) is 0 Å². The number of carbonyl (C=O) groups excluding carboxylic acids is 3. The fourth-order valence-electron chi connectivity index (χ4n) is 3.53. The van der Waals surface area contributed by atoms with Crippen molar-refractivity contribution in [3.05, 3.63) is 23.5 Å². The van der Waals surface area contributed by atoms with Gasteiger partial charge in [-0.3, -0.25) is 14.9 Å². The van der Waals surface area contributed by atoms with E-state index in [1.54, 1.807) is 30.9 Å². The second-order valence-corrected chi connectivity index (χ2v) is 7.39. The lowest BCUT2D eigenvalue weighted by atomic mass is 9.96. The van der Waals surface area contributed by atoms with Crippen LogP contribution in [0, 0.1) is 12.7 Å². The molecule has 0 bridgehead atoms. The van der Waals surface area contributed by atoms with E-state index in [9.17, 15) is 18.8 Å². The molecule has 8 nitrogen and oxygen atoms in total. The van der Waals surface area contributed by atoms with Crippen LogP contribution in [-0.2, 0) is 9.59 Å².